The minimum absolute atomic E-state index is 0.103. The summed E-state index contributed by atoms with van der Waals surface area (Å²) in [5.74, 6) is -1.18. The number of aliphatic hydroxyl groups excluding tert-OH is 2. The SMILES string of the molecule is CCCCCCCCCCCCCCCCCC(=O)OCC(O)CO.CCCCCCCCCCCCCCCCCC(=O)[O-]. The van der Waals surface area contributed by atoms with E-state index in [2.05, 4.69) is 13.8 Å². The molecule has 0 spiro atoms. The van der Waals surface area contributed by atoms with E-state index < -0.39 is 12.1 Å². The predicted octanol–water partition coefficient (Wildman–Crippen LogP) is 10.1. The molecule has 270 valence electrons. The molecular weight excluding hydrogens is 564 g/mol. The number of rotatable bonds is 35. The van der Waals surface area contributed by atoms with Crippen LogP contribution in [0.25, 0.3) is 0 Å². The number of aliphatic carboxylic acids is 1. The van der Waals surface area contributed by atoms with Gasteiger partial charge in [-0.25, -0.2) is 0 Å². The fourth-order valence-electron chi connectivity index (χ4n) is 5.60. The highest BCUT2D eigenvalue weighted by molar-refractivity contribution is 5.69. The molecule has 0 heterocycles. The lowest BCUT2D eigenvalue weighted by atomic mass is 10.0. The molecule has 0 radical (unpaired) electrons. The van der Waals surface area contributed by atoms with E-state index in [-0.39, 0.29) is 25.6 Å². The normalized spacial score (nSPS) is 11.6. The van der Waals surface area contributed by atoms with Crippen LogP contribution in [-0.2, 0) is 14.3 Å². The van der Waals surface area contributed by atoms with Gasteiger partial charge in [-0.3, -0.25) is 4.79 Å². The third kappa shape index (κ3) is 45.0. The van der Waals surface area contributed by atoms with E-state index in [1.807, 2.05) is 0 Å². The van der Waals surface area contributed by atoms with Gasteiger partial charge in [-0.2, -0.15) is 0 Å². The maximum Gasteiger partial charge on any atom is 0.305 e. The largest absolute Gasteiger partial charge is 0.550 e. The topological polar surface area (TPSA) is 107 Å². The lowest BCUT2D eigenvalue weighted by molar-refractivity contribution is -0.305. The van der Waals surface area contributed by atoms with Gasteiger partial charge in [0.25, 0.3) is 0 Å². The van der Waals surface area contributed by atoms with Gasteiger partial charge < -0.3 is 24.9 Å². The molecule has 0 amide bonds. The second-order valence-electron chi connectivity index (χ2n) is 13.3. The molecule has 0 aliphatic carbocycles. The lowest BCUT2D eigenvalue weighted by Gasteiger charge is -2.08. The number of aliphatic hydroxyl groups is 2. The van der Waals surface area contributed by atoms with Crippen molar-refractivity contribution in [1.29, 1.82) is 0 Å². The quantitative estimate of drug-likeness (QED) is 0.0527. The van der Waals surface area contributed by atoms with E-state index in [0.717, 1.165) is 25.7 Å². The zero-order chi connectivity index (χ0) is 33.5. The van der Waals surface area contributed by atoms with E-state index in [1.165, 1.54) is 167 Å². The highest BCUT2D eigenvalue weighted by atomic mass is 16.5. The second kappa shape index (κ2) is 40.9. The summed E-state index contributed by atoms with van der Waals surface area (Å²) in [4.78, 5) is 21.6. The van der Waals surface area contributed by atoms with Crippen LogP contribution in [0.4, 0.5) is 0 Å². The van der Waals surface area contributed by atoms with Crippen molar-refractivity contribution < 1.29 is 29.6 Å². The molecule has 6 nitrogen and oxygen atoms in total. The van der Waals surface area contributed by atoms with Crippen LogP contribution < -0.4 is 5.11 Å². The van der Waals surface area contributed by atoms with E-state index in [0.29, 0.717) is 6.42 Å². The first kappa shape index (κ1) is 46.0. The summed E-state index contributed by atoms with van der Waals surface area (Å²) in [5, 5.41) is 27.9. The monoisotopic (exact) mass is 642 g/mol. The molecule has 1 unspecified atom stereocenters. The molecule has 0 aliphatic rings. The molecule has 2 N–H and O–H groups in total. The van der Waals surface area contributed by atoms with Gasteiger partial charge >= 0.3 is 5.97 Å². The van der Waals surface area contributed by atoms with Crippen LogP contribution in [0.2, 0.25) is 0 Å². The molecule has 0 rings (SSSR count). The number of hydrogen-bond acceptors (Lipinski definition) is 6. The average molecular weight is 642 g/mol. The Labute approximate surface area is 279 Å². The molecule has 0 aromatic heterocycles. The Kier molecular flexibility index (Phi) is 41.8. The van der Waals surface area contributed by atoms with E-state index in [1.54, 1.807) is 0 Å². The lowest BCUT2D eigenvalue weighted by Crippen LogP contribution is -2.21. The molecule has 0 saturated heterocycles. The molecular formula is C39H77O6-. The van der Waals surface area contributed by atoms with Crippen molar-refractivity contribution in [2.45, 2.75) is 225 Å². The third-order valence-corrected chi connectivity index (χ3v) is 8.62. The molecule has 0 saturated carbocycles. The zero-order valence-corrected chi connectivity index (χ0v) is 30.1. The van der Waals surface area contributed by atoms with Crippen molar-refractivity contribution in [2.75, 3.05) is 13.2 Å². The molecule has 0 bridgehead atoms. The maximum absolute atomic E-state index is 11.4. The van der Waals surface area contributed by atoms with Gasteiger partial charge in [-0.15, -0.1) is 0 Å². The van der Waals surface area contributed by atoms with Gasteiger partial charge in [-0.05, 0) is 19.3 Å². The van der Waals surface area contributed by atoms with Crippen LogP contribution in [0.15, 0.2) is 0 Å². The van der Waals surface area contributed by atoms with E-state index >= 15 is 0 Å². The van der Waals surface area contributed by atoms with Gasteiger partial charge in [0.05, 0.1) is 6.61 Å². The van der Waals surface area contributed by atoms with Crippen LogP contribution in [0.5, 0.6) is 0 Å². The number of unbranched alkanes of at least 4 members (excludes halogenated alkanes) is 28. The van der Waals surface area contributed by atoms with Gasteiger partial charge in [0, 0.05) is 12.4 Å². The van der Waals surface area contributed by atoms with Crippen LogP contribution in [0.3, 0.4) is 0 Å². The smallest absolute Gasteiger partial charge is 0.305 e. The number of carboxylic acids is 1. The first-order chi connectivity index (χ1) is 22.0. The summed E-state index contributed by atoms with van der Waals surface area (Å²) in [6.45, 7) is 4.06. The Morgan fingerprint density at radius 2 is 0.756 bits per heavy atom. The van der Waals surface area contributed by atoms with Gasteiger partial charge in [-0.1, -0.05) is 194 Å². The number of esters is 1. The maximum atomic E-state index is 11.4. The average Bonchev–Trinajstić information content (AvgIpc) is 3.03. The highest BCUT2D eigenvalue weighted by Gasteiger charge is 2.07. The van der Waals surface area contributed by atoms with Crippen molar-refractivity contribution in [2.24, 2.45) is 0 Å². The van der Waals surface area contributed by atoms with Gasteiger partial charge in [0.1, 0.15) is 12.7 Å². The Morgan fingerprint density at radius 3 is 1.02 bits per heavy atom. The first-order valence-electron chi connectivity index (χ1n) is 19.6. The number of carbonyl (C=O) groups excluding carboxylic acids is 2. The Morgan fingerprint density at radius 1 is 0.489 bits per heavy atom. The highest BCUT2D eigenvalue weighted by Crippen LogP contribution is 2.15. The van der Waals surface area contributed by atoms with Crippen LogP contribution >= 0.6 is 0 Å². The van der Waals surface area contributed by atoms with E-state index in [9.17, 15) is 14.7 Å². The van der Waals surface area contributed by atoms with Crippen molar-refractivity contribution in [1.82, 2.24) is 0 Å². The van der Waals surface area contributed by atoms with Crippen molar-refractivity contribution in [3.05, 3.63) is 0 Å². The van der Waals surface area contributed by atoms with Gasteiger partial charge in [0.2, 0.25) is 0 Å². The van der Waals surface area contributed by atoms with Crippen LogP contribution in [0.1, 0.15) is 219 Å². The standard InChI is InChI=1S/C21H42O4.C18H36O2/c1-2-3-4-5-6-7-8-9-10-11-12-13-14-15-16-17-21(24)25-19-20(23)18-22;1-2-3-4-5-6-7-8-9-10-11-12-13-14-15-16-17-18(19)20/h20,22-23H,2-19H2,1H3;2-17H2,1H3,(H,19,20)/p-1. The first-order valence-corrected chi connectivity index (χ1v) is 19.6. The molecule has 0 aromatic carbocycles. The van der Waals surface area contributed by atoms with E-state index in [4.69, 9.17) is 14.9 Å². The molecule has 45 heavy (non-hydrogen) atoms. The van der Waals surface area contributed by atoms with Crippen molar-refractivity contribution in [3.63, 3.8) is 0 Å². The molecule has 1 atom stereocenters. The van der Waals surface area contributed by atoms with Crippen LogP contribution in [0, 0.1) is 0 Å². The number of ether oxygens (including phenoxy) is 1. The van der Waals surface area contributed by atoms with Gasteiger partial charge in [0.15, 0.2) is 0 Å². The Bertz CT molecular complexity index is 582. The molecule has 0 fully saturated rings. The predicted molar refractivity (Wildman–Crippen MR) is 188 cm³/mol. The van der Waals surface area contributed by atoms with Crippen molar-refractivity contribution >= 4 is 11.9 Å². The Hall–Kier alpha value is -1.14. The van der Waals surface area contributed by atoms with Crippen LogP contribution in [-0.4, -0.2) is 41.5 Å². The summed E-state index contributed by atoms with van der Waals surface area (Å²) < 4.78 is 4.86. The fraction of sp³-hybridized carbons (Fsp3) is 0.949. The summed E-state index contributed by atoms with van der Waals surface area (Å²) in [7, 11) is 0. The number of hydrogen-bond donors (Lipinski definition) is 2. The summed E-state index contributed by atoms with van der Waals surface area (Å²) in [6.07, 6.45) is 38.9. The zero-order valence-electron chi connectivity index (χ0n) is 30.1. The summed E-state index contributed by atoms with van der Waals surface area (Å²) in [6, 6.07) is 0. The second-order valence-corrected chi connectivity index (χ2v) is 13.3. The molecule has 6 heteroatoms. The Balaban J connectivity index is 0. The number of carbonyl (C=O) groups is 2. The molecule has 0 aliphatic heterocycles. The fourth-order valence-corrected chi connectivity index (χ4v) is 5.60. The van der Waals surface area contributed by atoms with Crippen molar-refractivity contribution in [3.8, 4) is 0 Å². The third-order valence-electron chi connectivity index (χ3n) is 8.62. The minimum atomic E-state index is -0.954. The summed E-state index contributed by atoms with van der Waals surface area (Å²) >= 11 is 0. The minimum Gasteiger partial charge on any atom is -0.550 e. The number of carboxylic acid groups (broad SMARTS) is 1. The summed E-state index contributed by atoms with van der Waals surface area (Å²) in [5.41, 5.74) is 0. The molecule has 0 aromatic rings.